The van der Waals surface area contributed by atoms with Crippen LogP contribution in [0, 0.1) is 5.82 Å². The predicted molar refractivity (Wildman–Crippen MR) is 79.6 cm³/mol. The van der Waals surface area contributed by atoms with Gasteiger partial charge < -0.3 is 10.3 Å². The highest BCUT2D eigenvalue weighted by Gasteiger charge is 2.07. The molecular weight excluding hydrogens is 307 g/mol. The van der Waals surface area contributed by atoms with Crippen LogP contribution in [0.1, 0.15) is 5.56 Å². The minimum atomic E-state index is -0.234. The number of hydrogen-bond acceptors (Lipinski definition) is 1. The fourth-order valence-corrected chi connectivity index (χ4v) is 2.64. The van der Waals surface area contributed by atoms with E-state index >= 15 is 0 Å². The van der Waals surface area contributed by atoms with Crippen LogP contribution in [-0.2, 0) is 6.54 Å². The SMILES string of the molecule is Nc1cccc2ccn(Cc3cc(F)ccc3Br)c12. The summed E-state index contributed by atoms with van der Waals surface area (Å²) in [7, 11) is 0. The van der Waals surface area contributed by atoms with Crippen LogP contribution in [0.25, 0.3) is 10.9 Å². The van der Waals surface area contributed by atoms with Gasteiger partial charge in [0.2, 0.25) is 0 Å². The standard InChI is InChI=1S/C15H12BrFN2/c16-13-5-4-12(17)8-11(13)9-19-7-6-10-2-1-3-14(18)15(10)19/h1-8H,9,18H2. The van der Waals surface area contributed by atoms with Crippen LogP contribution >= 0.6 is 15.9 Å². The molecule has 19 heavy (non-hydrogen) atoms. The average molecular weight is 319 g/mol. The van der Waals surface area contributed by atoms with Gasteiger partial charge in [0, 0.05) is 22.6 Å². The minimum Gasteiger partial charge on any atom is -0.397 e. The molecule has 0 amide bonds. The molecule has 4 heteroatoms. The van der Waals surface area contributed by atoms with Gasteiger partial charge in [-0.05, 0) is 35.9 Å². The van der Waals surface area contributed by atoms with Crippen LogP contribution in [-0.4, -0.2) is 4.57 Å². The van der Waals surface area contributed by atoms with Gasteiger partial charge in [-0.25, -0.2) is 4.39 Å². The zero-order valence-electron chi connectivity index (χ0n) is 10.1. The second-order valence-corrected chi connectivity index (χ2v) is 5.32. The Morgan fingerprint density at radius 2 is 2.00 bits per heavy atom. The van der Waals surface area contributed by atoms with E-state index in [1.165, 1.54) is 12.1 Å². The Bertz CT molecular complexity index is 749. The second kappa shape index (κ2) is 4.70. The molecule has 0 saturated heterocycles. The van der Waals surface area contributed by atoms with Crippen molar-refractivity contribution in [3.8, 4) is 0 Å². The van der Waals surface area contributed by atoms with Gasteiger partial charge in [0.25, 0.3) is 0 Å². The molecule has 0 unspecified atom stereocenters. The van der Waals surface area contributed by atoms with Crippen molar-refractivity contribution in [2.45, 2.75) is 6.54 Å². The maximum Gasteiger partial charge on any atom is 0.123 e. The van der Waals surface area contributed by atoms with E-state index in [1.54, 1.807) is 6.07 Å². The molecule has 2 nitrogen and oxygen atoms in total. The quantitative estimate of drug-likeness (QED) is 0.706. The lowest BCUT2D eigenvalue weighted by atomic mass is 10.2. The molecule has 0 fully saturated rings. The van der Waals surface area contributed by atoms with Crippen LogP contribution in [0.3, 0.4) is 0 Å². The van der Waals surface area contributed by atoms with E-state index < -0.39 is 0 Å². The van der Waals surface area contributed by atoms with E-state index in [-0.39, 0.29) is 5.82 Å². The van der Waals surface area contributed by atoms with Crippen LogP contribution in [0.15, 0.2) is 53.1 Å². The fraction of sp³-hybridized carbons (Fsp3) is 0.0667. The number of fused-ring (bicyclic) bond motifs is 1. The van der Waals surface area contributed by atoms with E-state index in [4.69, 9.17) is 5.73 Å². The summed E-state index contributed by atoms with van der Waals surface area (Å²) >= 11 is 3.45. The van der Waals surface area contributed by atoms with E-state index in [1.807, 2.05) is 35.0 Å². The van der Waals surface area contributed by atoms with Crippen molar-refractivity contribution in [2.24, 2.45) is 0 Å². The molecule has 0 bridgehead atoms. The summed E-state index contributed by atoms with van der Waals surface area (Å²) in [5.41, 5.74) is 8.62. The first kappa shape index (κ1) is 12.2. The molecule has 3 aromatic rings. The zero-order chi connectivity index (χ0) is 13.4. The average Bonchev–Trinajstić information content (AvgIpc) is 2.79. The summed E-state index contributed by atoms with van der Waals surface area (Å²) in [5, 5.41) is 1.09. The Balaban J connectivity index is 2.08. The molecule has 0 spiro atoms. The lowest BCUT2D eigenvalue weighted by Crippen LogP contribution is -2.01. The second-order valence-electron chi connectivity index (χ2n) is 4.46. The van der Waals surface area contributed by atoms with Gasteiger partial charge >= 0.3 is 0 Å². The van der Waals surface area contributed by atoms with Crippen molar-refractivity contribution in [1.82, 2.24) is 4.57 Å². The van der Waals surface area contributed by atoms with E-state index in [0.717, 1.165) is 26.6 Å². The largest absolute Gasteiger partial charge is 0.397 e. The van der Waals surface area contributed by atoms with Crippen LogP contribution in [0.2, 0.25) is 0 Å². The summed E-state index contributed by atoms with van der Waals surface area (Å²) in [5.74, 6) is -0.234. The first-order valence-corrected chi connectivity index (χ1v) is 6.72. The first-order chi connectivity index (χ1) is 9.15. The molecule has 0 aliphatic heterocycles. The molecule has 1 heterocycles. The molecule has 2 N–H and O–H groups in total. The van der Waals surface area contributed by atoms with E-state index in [0.29, 0.717) is 6.54 Å². The number of hydrogen-bond donors (Lipinski definition) is 1. The number of aromatic nitrogens is 1. The first-order valence-electron chi connectivity index (χ1n) is 5.92. The van der Waals surface area contributed by atoms with Crippen molar-refractivity contribution < 1.29 is 4.39 Å². The highest BCUT2D eigenvalue weighted by molar-refractivity contribution is 9.10. The fourth-order valence-electron chi connectivity index (χ4n) is 2.27. The zero-order valence-corrected chi connectivity index (χ0v) is 11.7. The number of rotatable bonds is 2. The molecule has 3 rings (SSSR count). The number of nitrogens with two attached hydrogens (primary N) is 1. The van der Waals surface area contributed by atoms with E-state index in [9.17, 15) is 4.39 Å². The topological polar surface area (TPSA) is 30.9 Å². The Kier molecular flexibility index (Phi) is 3.03. The maximum absolute atomic E-state index is 13.3. The van der Waals surface area contributed by atoms with Crippen molar-refractivity contribution in [3.63, 3.8) is 0 Å². The lowest BCUT2D eigenvalue weighted by Gasteiger charge is -2.09. The number of anilines is 1. The third kappa shape index (κ3) is 2.24. The molecule has 2 aromatic carbocycles. The van der Waals surface area contributed by atoms with Gasteiger partial charge in [-0.1, -0.05) is 28.1 Å². The summed E-state index contributed by atoms with van der Waals surface area (Å²) in [4.78, 5) is 0. The van der Waals surface area contributed by atoms with Crippen LogP contribution in [0.5, 0.6) is 0 Å². The Morgan fingerprint density at radius 1 is 1.16 bits per heavy atom. The van der Waals surface area contributed by atoms with Gasteiger partial charge in [-0.3, -0.25) is 0 Å². The minimum absolute atomic E-state index is 0.234. The van der Waals surface area contributed by atoms with Gasteiger partial charge in [0.05, 0.1) is 11.2 Å². The molecular formula is C15H12BrFN2. The Morgan fingerprint density at radius 3 is 2.84 bits per heavy atom. The molecule has 0 aliphatic carbocycles. The van der Waals surface area contributed by atoms with Crippen LogP contribution < -0.4 is 5.73 Å². The predicted octanol–water partition coefficient (Wildman–Crippen LogP) is 4.17. The summed E-state index contributed by atoms with van der Waals surface area (Å²) < 4.78 is 16.2. The van der Waals surface area contributed by atoms with Crippen molar-refractivity contribution >= 4 is 32.5 Å². The van der Waals surface area contributed by atoms with Gasteiger partial charge in [0.1, 0.15) is 5.82 Å². The van der Waals surface area contributed by atoms with Crippen LogP contribution in [0.4, 0.5) is 10.1 Å². The molecule has 96 valence electrons. The third-order valence-electron chi connectivity index (χ3n) is 3.17. The Hall–Kier alpha value is -1.81. The molecule has 0 saturated carbocycles. The number of nitrogen functional groups attached to an aromatic ring is 1. The van der Waals surface area contributed by atoms with Gasteiger partial charge in [-0.2, -0.15) is 0 Å². The summed E-state index contributed by atoms with van der Waals surface area (Å²) in [6.07, 6.45) is 1.97. The third-order valence-corrected chi connectivity index (χ3v) is 3.94. The summed E-state index contributed by atoms with van der Waals surface area (Å²) in [6, 6.07) is 12.5. The van der Waals surface area contributed by atoms with Gasteiger partial charge in [0.15, 0.2) is 0 Å². The molecule has 0 atom stereocenters. The smallest absolute Gasteiger partial charge is 0.123 e. The maximum atomic E-state index is 13.3. The monoisotopic (exact) mass is 318 g/mol. The summed E-state index contributed by atoms with van der Waals surface area (Å²) in [6.45, 7) is 0.579. The molecule has 0 aliphatic rings. The normalized spacial score (nSPS) is 11.1. The number of benzene rings is 2. The van der Waals surface area contributed by atoms with Gasteiger partial charge in [-0.15, -0.1) is 0 Å². The van der Waals surface area contributed by atoms with Crippen molar-refractivity contribution in [3.05, 3.63) is 64.5 Å². The molecule has 0 radical (unpaired) electrons. The van der Waals surface area contributed by atoms with E-state index in [2.05, 4.69) is 15.9 Å². The number of halogens is 2. The lowest BCUT2D eigenvalue weighted by molar-refractivity contribution is 0.623. The highest BCUT2D eigenvalue weighted by Crippen LogP contribution is 2.25. The molecule has 1 aromatic heterocycles. The number of nitrogens with zero attached hydrogens (tertiary/aromatic N) is 1. The van der Waals surface area contributed by atoms with Crippen molar-refractivity contribution in [2.75, 3.05) is 5.73 Å². The van der Waals surface area contributed by atoms with Crippen molar-refractivity contribution in [1.29, 1.82) is 0 Å². The number of para-hydroxylation sites is 1. The highest BCUT2D eigenvalue weighted by atomic mass is 79.9. The Labute approximate surface area is 118 Å².